The number of hydrogen-bond acceptors (Lipinski definition) is 10. The average Bonchev–Trinajstić information content (AvgIpc) is 2.92. The van der Waals surface area contributed by atoms with Gasteiger partial charge >= 0.3 is 29.8 Å². The Balaban J connectivity index is 3.94. The predicted molar refractivity (Wildman–Crippen MR) is 114 cm³/mol. The third-order valence-electron chi connectivity index (χ3n) is 4.31. The van der Waals surface area contributed by atoms with Crippen molar-refractivity contribution >= 4 is 29.8 Å². The van der Waals surface area contributed by atoms with Crippen molar-refractivity contribution in [2.45, 2.75) is 41.0 Å². The second-order valence-electron chi connectivity index (χ2n) is 6.44. The average molecular weight is 466 g/mol. The fourth-order valence-corrected chi connectivity index (χ4v) is 3.11. The Labute approximate surface area is 192 Å². The molecule has 10 heteroatoms. The molecule has 0 radical (unpaired) electrons. The molecule has 1 atom stereocenters. The van der Waals surface area contributed by atoms with Crippen molar-refractivity contribution in [2.75, 3.05) is 33.0 Å². The Kier molecular flexibility index (Phi) is 11.6. The normalized spacial score (nSPS) is 15.5. The van der Waals surface area contributed by atoms with E-state index in [-0.39, 0.29) is 44.2 Å². The minimum Gasteiger partial charge on any atom is -0.466 e. The van der Waals surface area contributed by atoms with E-state index in [4.69, 9.17) is 23.7 Å². The van der Waals surface area contributed by atoms with Crippen LogP contribution in [0.2, 0.25) is 0 Å². The van der Waals surface area contributed by atoms with Crippen LogP contribution in [0.25, 0.3) is 0 Å². The molecule has 1 aliphatic rings. The van der Waals surface area contributed by atoms with Gasteiger partial charge in [0.25, 0.3) is 0 Å². The second kappa shape index (κ2) is 13.9. The summed E-state index contributed by atoms with van der Waals surface area (Å²) in [5.74, 6) is -6.08. The molecule has 0 saturated heterocycles. The van der Waals surface area contributed by atoms with Crippen molar-refractivity contribution in [1.82, 2.24) is 0 Å². The topological polar surface area (TPSA) is 132 Å². The van der Waals surface area contributed by atoms with Gasteiger partial charge in [-0.15, -0.1) is 0 Å². The lowest BCUT2D eigenvalue weighted by atomic mass is 9.85. The summed E-state index contributed by atoms with van der Waals surface area (Å²) >= 11 is 0. The summed E-state index contributed by atoms with van der Waals surface area (Å²) in [7, 11) is 0. The van der Waals surface area contributed by atoms with Crippen molar-refractivity contribution in [1.29, 1.82) is 0 Å². The van der Waals surface area contributed by atoms with Gasteiger partial charge in [-0.25, -0.2) is 14.4 Å². The van der Waals surface area contributed by atoms with E-state index in [1.54, 1.807) is 27.7 Å². The van der Waals surface area contributed by atoms with Crippen molar-refractivity contribution in [2.24, 2.45) is 5.92 Å². The zero-order valence-electron chi connectivity index (χ0n) is 19.6. The number of esters is 5. The first-order valence-corrected chi connectivity index (χ1v) is 10.8. The maximum Gasteiger partial charge on any atom is 0.339 e. The first-order chi connectivity index (χ1) is 15.8. The third kappa shape index (κ3) is 7.30. The zero-order chi connectivity index (χ0) is 25.0. The maximum absolute atomic E-state index is 13.1. The molecule has 10 nitrogen and oxygen atoms in total. The summed E-state index contributed by atoms with van der Waals surface area (Å²) in [6.45, 7) is 7.72. The molecule has 0 aromatic carbocycles. The molecular weight excluding hydrogens is 436 g/mol. The van der Waals surface area contributed by atoms with Crippen LogP contribution in [-0.2, 0) is 47.7 Å². The standard InChI is InChI=1S/C23H30O10/c1-6-29-16(24)13-14-11-12-15(20(25)30-7-2)18(22(27)32-9-4)19(23(28)33-10-5)17(14)21(26)31-8-3/h11-12,17H,6-10,13H2,1-5H3. The van der Waals surface area contributed by atoms with E-state index in [9.17, 15) is 24.0 Å². The smallest absolute Gasteiger partial charge is 0.339 e. The third-order valence-corrected chi connectivity index (χ3v) is 4.31. The summed E-state index contributed by atoms with van der Waals surface area (Å²) in [4.78, 5) is 63.9. The molecule has 0 bridgehead atoms. The van der Waals surface area contributed by atoms with Crippen LogP contribution in [0.5, 0.6) is 0 Å². The Bertz CT molecular complexity index is 862. The molecule has 33 heavy (non-hydrogen) atoms. The Morgan fingerprint density at radius 3 is 1.73 bits per heavy atom. The molecule has 0 amide bonds. The highest BCUT2D eigenvalue weighted by molar-refractivity contribution is 6.14. The van der Waals surface area contributed by atoms with E-state index in [0.29, 0.717) is 0 Å². The minimum absolute atomic E-state index is 0.0122. The molecule has 0 fully saturated rings. The minimum atomic E-state index is -1.52. The number of allylic oxidation sites excluding steroid dienone is 2. The van der Waals surface area contributed by atoms with Crippen molar-refractivity contribution < 1.29 is 47.7 Å². The van der Waals surface area contributed by atoms with Crippen molar-refractivity contribution in [3.63, 3.8) is 0 Å². The maximum atomic E-state index is 13.1. The van der Waals surface area contributed by atoms with E-state index >= 15 is 0 Å². The van der Waals surface area contributed by atoms with Crippen LogP contribution >= 0.6 is 0 Å². The SMILES string of the molecule is CCOC(=O)CC1=CC=C(C(=O)OCC)C(C(=O)OCC)=C(C(=O)OCC)C1C(=O)OCC. The summed E-state index contributed by atoms with van der Waals surface area (Å²) in [6.07, 6.45) is 2.11. The number of carbonyl (C=O) groups excluding carboxylic acids is 5. The molecule has 1 aliphatic carbocycles. The summed E-state index contributed by atoms with van der Waals surface area (Å²) in [5, 5.41) is 0. The fourth-order valence-electron chi connectivity index (χ4n) is 3.11. The molecule has 0 heterocycles. The highest BCUT2D eigenvalue weighted by Gasteiger charge is 2.42. The molecule has 0 aliphatic heterocycles. The van der Waals surface area contributed by atoms with E-state index in [1.807, 2.05) is 0 Å². The van der Waals surface area contributed by atoms with E-state index in [2.05, 4.69) is 0 Å². The van der Waals surface area contributed by atoms with E-state index in [1.165, 1.54) is 19.1 Å². The Morgan fingerprint density at radius 2 is 1.18 bits per heavy atom. The van der Waals surface area contributed by atoms with Gasteiger partial charge in [0.1, 0.15) is 5.92 Å². The highest BCUT2D eigenvalue weighted by Crippen LogP contribution is 2.35. The van der Waals surface area contributed by atoms with E-state index < -0.39 is 53.3 Å². The Morgan fingerprint density at radius 1 is 0.667 bits per heavy atom. The molecule has 0 N–H and O–H groups in total. The lowest BCUT2D eigenvalue weighted by Gasteiger charge is -2.22. The van der Waals surface area contributed by atoms with Crippen LogP contribution in [0, 0.1) is 5.92 Å². The van der Waals surface area contributed by atoms with Gasteiger partial charge < -0.3 is 23.7 Å². The lowest BCUT2D eigenvalue weighted by Crippen LogP contribution is -2.31. The van der Waals surface area contributed by atoms with Gasteiger partial charge in [0, 0.05) is 0 Å². The number of ether oxygens (including phenoxy) is 5. The van der Waals surface area contributed by atoms with Crippen LogP contribution < -0.4 is 0 Å². The number of rotatable bonds is 11. The molecule has 0 aromatic heterocycles. The van der Waals surface area contributed by atoms with E-state index in [0.717, 1.165) is 0 Å². The highest BCUT2D eigenvalue weighted by atomic mass is 16.6. The quantitative estimate of drug-likeness (QED) is 0.329. The van der Waals surface area contributed by atoms with Gasteiger partial charge in [-0.05, 0) is 46.3 Å². The zero-order valence-corrected chi connectivity index (χ0v) is 19.6. The van der Waals surface area contributed by atoms with Crippen molar-refractivity contribution in [3.8, 4) is 0 Å². The molecule has 1 rings (SSSR count). The molecule has 0 aromatic rings. The van der Waals surface area contributed by atoms with Gasteiger partial charge in [0.05, 0.1) is 56.2 Å². The molecule has 182 valence electrons. The Hall–Kier alpha value is -3.43. The van der Waals surface area contributed by atoms with Gasteiger partial charge in [-0.3, -0.25) is 9.59 Å². The number of carbonyl (C=O) groups is 5. The summed E-state index contributed by atoms with van der Waals surface area (Å²) in [5.41, 5.74) is -1.19. The van der Waals surface area contributed by atoms with Crippen molar-refractivity contribution in [3.05, 3.63) is 34.4 Å². The van der Waals surface area contributed by atoms with Crippen LogP contribution in [0.1, 0.15) is 41.0 Å². The first-order valence-electron chi connectivity index (χ1n) is 10.8. The number of hydrogen-bond donors (Lipinski definition) is 0. The van der Waals surface area contributed by atoms with Gasteiger partial charge in [-0.1, -0.05) is 6.08 Å². The van der Waals surface area contributed by atoms with Gasteiger partial charge in [0.15, 0.2) is 0 Å². The molecule has 0 saturated carbocycles. The summed E-state index contributed by atoms with van der Waals surface area (Å²) in [6, 6.07) is 0. The van der Waals surface area contributed by atoms with Gasteiger partial charge in [-0.2, -0.15) is 0 Å². The lowest BCUT2D eigenvalue weighted by molar-refractivity contribution is -0.150. The molecule has 1 unspecified atom stereocenters. The monoisotopic (exact) mass is 466 g/mol. The van der Waals surface area contributed by atoms with Crippen LogP contribution in [0.15, 0.2) is 34.4 Å². The first kappa shape index (κ1) is 27.6. The predicted octanol–water partition coefficient (Wildman–Crippen LogP) is 1.97. The van der Waals surface area contributed by atoms with Crippen LogP contribution in [0.4, 0.5) is 0 Å². The largest absolute Gasteiger partial charge is 0.466 e. The van der Waals surface area contributed by atoms with Crippen LogP contribution in [0.3, 0.4) is 0 Å². The molecular formula is C23H30O10. The summed E-state index contributed by atoms with van der Waals surface area (Å²) < 4.78 is 25.3. The molecule has 0 spiro atoms. The fraction of sp³-hybridized carbons (Fsp3) is 0.522. The second-order valence-corrected chi connectivity index (χ2v) is 6.44. The van der Waals surface area contributed by atoms with Crippen LogP contribution in [-0.4, -0.2) is 62.9 Å². The van der Waals surface area contributed by atoms with Gasteiger partial charge in [0.2, 0.25) is 0 Å².